The Balaban J connectivity index is 1.71. The minimum atomic E-state index is -0.171. The Labute approximate surface area is 150 Å². The van der Waals surface area contributed by atoms with Crippen LogP contribution in [0.5, 0.6) is 0 Å². The molecule has 0 saturated carbocycles. The molecule has 7 nitrogen and oxygen atoms in total. The number of aromatic amines is 1. The van der Waals surface area contributed by atoms with E-state index in [1.54, 1.807) is 18.2 Å². The highest BCUT2D eigenvalue weighted by atomic mass is 16.5. The van der Waals surface area contributed by atoms with Crippen molar-refractivity contribution < 1.29 is 9.53 Å². The molecule has 1 aliphatic rings. The van der Waals surface area contributed by atoms with Crippen molar-refractivity contribution >= 4 is 11.6 Å². The summed E-state index contributed by atoms with van der Waals surface area (Å²) in [4.78, 5) is 31.2. The van der Waals surface area contributed by atoms with E-state index in [1.807, 2.05) is 30.3 Å². The summed E-state index contributed by atoms with van der Waals surface area (Å²) in [5, 5.41) is 2.97. The number of benzene rings is 1. The van der Waals surface area contributed by atoms with Gasteiger partial charge in [-0.1, -0.05) is 30.3 Å². The molecule has 1 aliphatic heterocycles. The highest BCUT2D eigenvalue weighted by Gasteiger charge is 2.31. The molecule has 0 radical (unpaired) electrons. The predicted octanol–water partition coefficient (Wildman–Crippen LogP) is 1.65. The zero-order valence-corrected chi connectivity index (χ0v) is 14.5. The van der Waals surface area contributed by atoms with Crippen molar-refractivity contribution in [3.8, 4) is 11.1 Å². The molecule has 1 atom stereocenters. The monoisotopic (exact) mass is 352 g/mol. The Morgan fingerprint density at radius 1 is 1.27 bits per heavy atom. The lowest BCUT2D eigenvalue weighted by Gasteiger charge is -2.15. The molecule has 1 saturated heterocycles. The van der Waals surface area contributed by atoms with Crippen molar-refractivity contribution in [2.24, 2.45) is 0 Å². The molecule has 1 amide bonds. The molecule has 2 aromatic heterocycles. The van der Waals surface area contributed by atoms with Crippen molar-refractivity contribution in [1.82, 2.24) is 19.5 Å². The molecular weight excluding hydrogens is 332 g/mol. The maximum Gasteiger partial charge on any atom is 0.272 e. The third-order valence-electron chi connectivity index (χ3n) is 4.80. The van der Waals surface area contributed by atoms with E-state index in [9.17, 15) is 9.59 Å². The Hall–Kier alpha value is -2.93. The van der Waals surface area contributed by atoms with Gasteiger partial charge in [-0.25, -0.2) is 9.50 Å². The summed E-state index contributed by atoms with van der Waals surface area (Å²) < 4.78 is 6.49. The zero-order valence-electron chi connectivity index (χ0n) is 14.5. The number of H-pyrrole nitrogens is 1. The summed E-state index contributed by atoms with van der Waals surface area (Å²) in [6.07, 6.45) is 2.16. The average Bonchev–Trinajstić information content (AvgIpc) is 3.24. The number of carbonyl (C=O) groups excluding carboxylic acids is 1. The number of amides is 1. The van der Waals surface area contributed by atoms with Gasteiger partial charge in [-0.2, -0.15) is 0 Å². The smallest absolute Gasteiger partial charge is 0.272 e. The Morgan fingerprint density at radius 3 is 2.85 bits per heavy atom. The van der Waals surface area contributed by atoms with E-state index < -0.39 is 0 Å². The molecule has 0 spiro atoms. The van der Waals surface area contributed by atoms with E-state index in [0.717, 1.165) is 11.1 Å². The molecule has 134 valence electrons. The molecule has 3 heterocycles. The van der Waals surface area contributed by atoms with Crippen LogP contribution in [0.2, 0.25) is 0 Å². The largest absolute Gasteiger partial charge is 0.383 e. The minimum Gasteiger partial charge on any atom is -0.383 e. The van der Waals surface area contributed by atoms with Crippen molar-refractivity contribution in [3.63, 3.8) is 0 Å². The van der Waals surface area contributed by atoms with Gasteiger partial charge in [0.1, 0.15) is 0 Å². The van der Waals surface area contributed by atoms with Crippen molar-refractivity contribution in [3.05, 3.63) is 58.6 Å². The Morgan fingerprint density at radius 2 is 2.08 bits per heavy atom. The van der Waals surface area contributed by atoms with Gasteiger partial charge in [-0.3, -0.25) is 14.7 Å². The zero-order chi connectivity index (χ0) is 18.1. The van der Waals surface area contributed by atoms with Gasteiger partial charge in [0.2, 0.25) is 5.91 Å². The van der Waals surface area contributed by atoms with Crippen LogP contribution >= 0.6 is 0 Å². The van der Waals surface area contributed by atoms with E-state index in [4.69, 9.17) is 9.72 Å². The van der Waals surface area contributed by atoms with E-state index in [2.05, 4.69) is 5.10 Å². The fourth-order valence-electron chi connectivity index (χ4n) is 3.43. The number of rotatable bonds is 5. The molecule has 1 fully saturated rings. The first kappa shape index (κ1) is 16.5. The first-order valence-electron chi connectivity index (χ1n) is 8.60. The number of nitrogens with one attached hydrogen (secondary N) is 1. The predicted molar refractivity (Wildman–Crippen MR) is 97.1 cm³/mol. The maximum atomic E-state index is 12.5. The van der Waals surface area contributed by atoms with E-state index in [0.29, 0.717) is 37.5 Å². The topological polar surface area (TPSA) is 79.7 Å². The van der Waals surface area contributed by atoms with Crippen LogP contribution < -0.4 is 5.56 Å². The summed E-state index contributed by atoms with van der Waals surface area (Å²) in [7, 11) is 1.62. The van der Waals surface area contributed by atoms with Gasteiger partial charge in [0.05, 0.1) is 12.3 Å². The second-order valence-corrected chi connectivity index (χ2v) is 6.46. The van der Waals surface area contributed by atoms with E-state index in [-0.39, 0.29) is 17.4 Å². The molecule has 1 N–H and O–H groups in total. The second kappa shape index (κ2) is 6.76. The van der Waals surface area contributed by atoms with Crippen LogP contribution in [0, 0.1) is 0 Å². The summed E-state index contributed by atoms with van der Waals surface area (Å²) in [5.41, 5.74) is 2.93. The van der Waals surface area contributed by atoms with Gasteiger partial charge in [0.25, 0.3) is 5.56 Å². The van der Waals surface area contributed by atoms with Crippen molar-refractivity contribution in [2.45, 2.75) is 12.3 Å². The lowest BCUT2D eigenvalue weighted by Crippen LogP contribution is -2.28. The van der Waals surface area contributed by atoms with Gasteiger partial charge in [0, 0.05) is 50.4 Å². The number of ether oxygens (including phenoxy) is 1. The number of nitrogens with zero attached hydrogens (tertiary/aromatic N) is 3. The summed E-state index contributed by atoms with van der Waals surface area (Å²) in [6.45, 7) is 1.63. The van der Waals surface area contributed by atoms with Gasteiger partial charge >= 0.3 is 0 Å². The SMILES string of the molecule is COCCN1CC(c2cc(=O)n3[nH]cc(-c4ccccc4)c3n2)CC1=O. The molecule has 1 aromatic carbocycles. The number of carbonyl (C=O) groups is 1. The standard InChI is InChI=1S/C19H20N4O3/c1-26-8-7-22-12-14(9-17(22)24)16-10-18(25)23-19(21-16)15(11-20-23)13-5-3-2-4-6-13/h2-6,10-11,14,20H,7-9,12H2,1H3. The minimum absolute atomic E-state index is 0.0735. The molecule has 1 unspecified atom stereocenters. The highest BCUT2D eigenvalue weighted by Crippen LogP contribution is 2.28. The van der Waals surface area contributed by atoms with Gasteiger partial charge in [0.15, 0.2) is 5.65 Å². The van der Waals surface area contributed by atoms with Crippen molar-refractivity contribution in [2.75, 3.05) is 26.8 Å². The van der Waals surface area contributed by atoms with E-state index in [1.165, 1.54) is 10.6 Å². The van der Waals surface area contributed by atoms with Gasteiger partial charge in [-0.15, -0.1) is 0 Å². The van der Waals surface area contributed by atoms with Crippen LogP contribution in [0.25, 0.3) is 16.8 Å². The number of methoxy groups -OCH3 is 1. The summed E-state index contributed by atoms with van der Waals surface area (Å²) in [5.74, 6) is 0.00183. The Kier molecular flexibility index (Phi) is 4.30. The van der Waals surface area contributed by atoms with Crippen LogP contribution in [0.15, 0.2) is 47.4 Å². The molecule has 7 heteroatoms. The number of hydrogen-bond donors (Lipinski definition) is 1. The second-order valence-electron chi connectivity index (χ2n) is 6.46. The fourth-order valence-corrected chi connectivity index (χ4v) is 3.43. The first-order valence-corrected chi connectivity index (χ1v) is 8.60. The molecule has 26 heavy (non-hydrogen) atoms. The van der Waals surface area contributed by atoms with Crippen LogP contribution in [0.4, 0.5) is 0 Å². The van der Waals surface area contributed by atoms with E-state index >= 15 is 0 Å². The number of likely N-dealkylation sites (tertiary alicyclic amines) is 1. The third-order valence-corrected chi connectivity index (χ3v) is 4.80. The van der Waals surface area contributed by atoms with Crippen LogP contribution in [0.1, 0.15) is 18.0 Å². The maximum absolute atomic E-state index is 12.5. The van der Waals surface area contributed by atoms with Gasteiger partial charge in [-0.05, 0) is 5.56 Å². The third kappa shape index (κ3) is 2.90. The molecule has 0 aliphatic carbocycles. The van der Waals surface area contributed by atoms with Crippen LogP contribution in [-0.4, -0.2) is 52.2 Å². The van der Waals surface area contributed by atoms with Crippen LogP contribution in [0.3, 0.4) is 0 Å². The lowest BCUT2D eigenvalue weighted by molar-refractivity contribution is -0.128. The number of aromatic nitrogens is 3. The first-order chi connectivity index (χ1) is 12.7. The quantitative estimate of drug-likeness (QED) is 0.757. The average molecular weight is 352 g/mol. The molecule has 3 aromatic rings. The van der Waals surface area contributed by atoms with Crippen LogP contribution in [-0.2, 0) is 9.53 Å². The molecular formula is C19H20N4O3. The molecule has 4 rings (SSSR count). The lowest BCUT2D eigenvalue weighted by atomic mass is 10.0. The highest BCUT2D eigenvalue weighted by molar-refractivity contribution is 5.80. The molecule has 0 bridgehead atoms. The van der Waals surface area contributed by atoms with Gasteiger partial charge < -0.3 is 9.64 Å². The normalized spacial score (nSPS) is 17.3. The number of fused-ring (bicyclic) bond motifs is 1. The fraction of sp³-hybridized carbons (Fsp3) is 0.316. The summed E-state index contributed by atoms with van der Waals surface area (Å²) >= 11 is 0. The number of hydrogen-bond acceptors (Lipinski definition) is 4. The van der Waals surface area contributed by atoms with Crippen molar-refractivity contribution in [1.29, 1.82) is 0 Å². The summed E-state index contributed by atoms with van der Waals surface area (Å²) in [6, 6.07) is 11.3. The Bertz CT molecular complexity index is 993.